The molecule has 0 unspecified atom stereocenters. The first kappa shape index (κ1) is 8.70. The predicted octanol–water partition coefficient (Wildman–Crippen LogP) is 1.91. The van der Waals surface area contributed by atoms with Crippen molar-refractivity contribution >= 4 is 6.29 Å². The van der Waals surface area contributed by atoms with Crippen LogP contribution in [0.4, 0.5) is 13.2 Å². The number of halogens is 3. The van der Waals surface area contributed by atoms with Crippen molar-refractivity contribution < 1.29 is 18.0 Å². The third kappa shape index (κ3) is 1.81. The standard InChI is InChI=1S/C7H4F3NO/c8-7(9,10)5-1-2-6(4-12)11-3-5/h1-4H. The third-order valence-corrected chi connectivity index (χ3v) is 1.23. The van der Waals surface area contributed by atoms with Crippen LogP contribution in [-0.2, 0) is 6.18 Å². The lowest BCUT2D eigenvalue weighted by atomic mass is 10.2. The average molecular weight is 175 g/mol. The van der Waals surface area contributed by atoms with Gasteiger partial charge in [0.2, 0.25) is 0 Å². The minimum Gasteiger partial charge on any atom is -0.296 e. The van der Waals surface area contributed by atoms with Crippen LogP contribution >= 0.6 is 0 Å². The fourth-order valence-electron chi connectivity index (χ4n) is 0.643. The summed E-state index contributed by atoms with van der Waals surface area (Å²) in [6, 6.07) is 1.84. The highest BCUT2D eigenvalue weighted by Gasteiger charge is 2.30. The molecule has 2 nitrogen and oxygen atoms in total. The second-order valence-corrected chi connectivity index (χ2v) is 2.09. The van der Waals surface area contributed by atoms with E-state index in [1.807, 2.05) is 0 Å². The second-order valence-electron chi connectivity index (χ2n) is 2.09. The van der Waals surface area contributed by atoms with Gasteiger partial charge in [-0.15, -0.1) is 0 Å². The summed E-state index contributed by atoms with van der Waals surface area (Å²) >= 11 is 0. The Morgan fingerprint density at radius 2 is 2.00 bits per heavy atom. The summed E-state index contributed by atoms with van der Waals surface area (Å²) in [6.45, 7) is 0. The first-order valence-electron chi connectivity index (χ1n) is 3.02. The summed E-state index contributed by atoms with van der Waals surface area (Å²) in [5, 5.41) is 0. The Morgan fingerprint density at radius 3 is 2.33 bits per heavy atom. The molecule has 0 aliphatic heterocycles. The van der Waals surface area contributed by atoms with E-state index >= 15 is 0 Å². The molecule has 0 aliphatic rings. The zero-order valence-corrected chi connectivity index (χ0v) is 5.80. The Morgan fingerprint density at radius 1 is 1.33 bits per heavy atom. The molecule has 64 valence electrons. The summed E-state index contributed by atoms with van der Waals surface area (Å²) in [4.78, 5) is 13.3. The van der Waals surface area contributed by atoms with Gasteiger partial charge in [-0.1, -0.05) is 0 Å². The van der Waals surface area contributed by atoms with Gasteiger partial charge in [-0.2, -0.15) is 13.2 Å². The van der Waals surface area contributed by atoms with Gasteiger partial charge in [-0.3, -0.25) is 9.78 Å². The molecule has 5 heteroatoms. The van der Waals surface area contributed by atoms with Gasteiger partial charge in [0.15, 0.2) is 6.29 Å². The molecule has 1 aromatic rings. The minimum absolute atomic E-state index is 0.0111. The van der Waals surface area contributed by atoms with Crippen molar-refractivity contribution in [3.63, 3.8) is 0 Å². The number of carbonyl (C=O) groups is 1. The van der Waals surface area contributed by atoms with Gasteiger partial charge in [-0.05, 0) is 12.1 Å². The number of pyridine rings is 1. The normalized spacial score (nSPS) is 11.2. The highest BCUT2D eigenvalue weighted by atomic mass is 19.4. The second kappa shape index (κ2) is 2.92. The third-order valence-electron chi connectivity index (χ3n) is 1.23. The Balaban J connectivity index is 3.00. The van der Waals surface area contributed by atoms with Crippen molar-refractivity contribution in [1.82, 2.24) is 4.98 Å². The Hall–Kier alpha value is -1.39. The molecular formula is C7H4F3NO. The van der Waals surface area contributed by atoms with Gasteiger partial charge in [0, 0.05) is 6.20 Å². The monoisotopic (exact) mass is 175 g/mol. The zero-order chi connectivity index (χ0) is 9.19. The number of rotatable bonds is 1. The van der Waals surface area contributed by atoms with Crippen molar-refractivity contribution in [3.05, 3.63) is 29.6 Å². The van der Waals surface area contributed by atoms with Crippen LogP contribution in [0.2, 0.25) is 0 Å². The number of nitrogens with zero attached hydrogens (tertiary/aromatic N) is 1. The Bertz CT molecular complexity index is 278. The molecule has 0 aromatic carbocycles. The summed E-state index contributed by atoms with van der Waals surface area (Å²) in [7, 11) is 0. The van der Waals surface area contributed by atoms with Gasteiger partial charge in [-0.25, -0.2) is 0 Å². The fraction of sp³-hybridized carbons (Fsp3) is 0.143. The van der Waals surface area contributed by atoms with E-state index in [0.29, 0.717) is 12.5 Å². The van der Waals surface area contributed by atoms with Gasteiger partial charge in [0.25, 0.3) is 0 Å². The van der Waals surface area contributed by atoms with Crippen LogP contribution in [0.5, 0.6) is 0 Å². The summed E-state index contributed by atoms with van der Waals surface area (Å²) < 4.78 is 35.7. The van der Waals surface area contributed by atoms with Crippen molar-refractivity contribution in [2.75, 3.05) is 0 Å². The van der Waals surface area contributed by atoms with Crippen LogP contribution in [0.25, 0.3) is 0 Å². The van der Waals surface area contributed by atoms with Crippen molar-refractivity contribution in [3.8, 4) is 0 Å². The number of alkyl halides is 3. The molecular weight excluding hydrogens is 171 g/mol. The molecule has 0 N–H and O–H groups in total. The first-order chi connectivity index (χ1) is 5.54. The lowest BCUT2D eigenvalue weighted by molar-refractivity contribution is -0.137. The molecule has 0 bridgehead atoms. The maximum Gasteiger partial charge on any atom is 0.417 e. The Kier molecular flexibility index (Phi) is 2.12. The summed E-state index contributed by atoms with van der Waals surface area (Å²) in [6.07, 6.45) is -3.38. The van der Waals surface area contributed by atoms with E-state index in [-0.39, 0.29) is 5.69 Å². The molecule has 0 fully saturated rings. The van der Waals surface area contributed by atoms with E-state index in [2.05, 4.69) is 4.98 Å². The van der Waals surface area contributed by atoms with Gasteiger partial charge < -0.3 is 0 Å². The van der Waals surface area contributed by atoms with Crippen LogP contribution in [0.3, 0.4) is 0 Å². The van der Waals surface area contributed by atoms with Crippen LogP contribution in [0.1, 0.15) is 16.1 Å². The number of aromatic nitrogens is 1. The van der Waals surface area contributed by atoms with Crippen LogP contribution in [0, 0.1) is 0 Å². The van der Waals surface area contributed by atoms with Crippen LogP contribution in [-0.4, -0.2) is 11.3 Å². The van der Waals surface area contributed by atoms with Crippen molar-refractivity contribution in [2.24, 2.45) is 0 Å². The molecule has 1 rings (SSSR count). The number of aldehydes is 1. The van der Waals surface area contributed by atoms with E-state index in [0.717, 1.165) is 12.1 Å². The molecule has 12 heavy (non-hydrogen) atoms. The molecule has 0 saturated carbocycles. The molecule has 1 heterocycles. The number of hydrogen-bond acceptors (Lipinski definition) is 2. The highest BCUT2D eigenvalue weighted by molar-refractivity contribution is 5.71. The van der Waals surface area contributed by atoms with Gasteiger partial charge >= 0.3 is 6.18 Å². The number of carbonyl (C=O) groups excluding carboxylic acids is 1. The topological polar surface area (TPSA) is 30.0 Å². The van der Waals surface area contributed by atoms with E-state index in [9.17, 15) is 18.0 Å². The largest absolute Gasteiger partial charge is 0.417 e. The zero-order valence-electron chi connectivity index (χ0n) is 5.80. The predicted molar refractivity (Wildman–Crippen MR) is 34.6 cm³/mol. The van der Waals surface area contributed by atoms with E-state index in [1.54, 1.807) is 0 Å². The van der Waals surface area contributed by atoms with E-state index in [1.165, 1.54) is 0 Å². The lowest BCUT2D eigenvalue weighted by Crippen LogP contribution is -2.05. The molecule has 1 aromatic heterocycles. The quantitative estimate of drug-likeness (QED) is 0.610. The van der Waals surface area contributed by atoms with Gasteiger partial charge in [0.05, 0.1) is 5.56 Å². The highest BCUT2D eigenvalue weighted by Crippen LogP contribution is 2.28. The molecule has 0 spiro atoms. The maximum atomic E-state index is 11.9. The lowest BCUT2D eigenvalue weighted by Gasteiger charge is -2.04. The Labute approximate surface area is 66.0 Å². The van der Waals surface area contributed by atoms with Crippen LogP contribution in [0.15, 0.2) is 18.3 Å². The minimum atomic E-state index is -4.39. The fourth-order valence-corrected chi connectivity index (χ4v) is 0.643. The summed E-state index contributed by atoms with van der Waals surface area (Å²) in [5.74, 6) is 0. The van der Waals surface area contributed by atoms with Crippen molar-refractivity contribution in [1.29, 1.82) is 0 Å². The molecule has 0 amide bonds. The first-order valence-corrected chi connectivity index (χ1v) is 3.02. The number of hydrogen-bond donors (Lipinski definition) is 0. The molecule has 0 radical (unpaired) electrons. The van der Waals surface area contributed by atoms with Gasteiger partial charge in [0.1, 0.15) is 5.69 Å². The molecule has 0 atom stereocenters. The molecule has 0 aliphatic carbocycles. The van der Waals surface area contributed by atoms with E-state index in [4.69, 9.17) is 0 Å². The van der Waals surface area contributed by atoms with E-state index < -0.39 is 11.7 Å². The SMILES string of the molecule is O=Cc1ccc(C(F)(F)F)cn1. The van der Waals surface area contributed by atoms with Crippen LogP contribution < -0.4 is 0 Å². The van der Waals surface area contributed by atoms with Crippen molar-refractivity contribution in [2.45, 2.75) is 6.18 Å². The smallest absolute Gasteiger partial charge is 0.296 e. The molecule has 0 saturated heterocycles. The summed E-state index contributed by atoms with van der Waals surface area (Å²) in [5.41, 5.74) is -0.865. The average Bonchev–Trinajstić information content (AvgIpc) is 2.03. The maximum absolute atomic E-state index is 11.9.